The molecule has 0 amide bonds. The Morgan fingerprint density at radius 2 is 2.11 bits per heavy atom. The van der Waals surface area contributed by atoms with Gasteiger partial charge in [0.1, 0.15) is 0 Å². The zero-order valence-electron chi connectivity index (χ0n) is 10.9. The molecule has 0 radical (unpaired) electrons. The van der Waals surface area contributed by atoms with Crippen LogP contribution in [0.25, 0.3) is 0 Å². The summed E-state index contributed by atoms with van der Waals surface area (Å²) in [6.07, 6.45) is 2.43. The molecule has 0 aromatic carbocycles. The summed E-state index contributed by atoms with van der Waals surface area (Å²) in [6.45, 7) is 7.94. The van der Waals surface area contributed by atoms with Crippen molar-refractivity contribution in [2.75, 3.05) is 19.6 Å². The highest BCUT2D eigenvalue weighted by atomic mass is 35.5. The minimum Gasteiger partial charge on any atom is -0.307 e. The molecule has 0 bridgehead atoms. The summed E-state index contributed by atoms with van der Waals surface area (Å²) in [4.78, 5) is 2.50. The zero-order chi connectivity index (χ0) is 13.1. The van der Waals surface area contributed by atoms with Gasteiger partial charge in [-0.3, -0.25) is 0 Å². The Morgan fingerprint density at radius 1 is 1.44 bits per heavy atom. The van der Waals surface area contributed by atoms with Gasteiger partial charge in [-0.05, 0) is 51.0 Å². The maximum absolute atomic E-state index is 6.19. The minimum atomic E-state index is 0.277. The van der Waals surface area contributed by atoms with E-state index in [1.165, 1.54) is 37.3 Å². The van der Waals surface area contributed by atoms with Gasteiger partial charge in [-0.25, -0.2) is 0 Å². The number of nitrogens with one attached hydrogen (secondary N) is 1. The molecule has 1 aliphatic heterocycles. The van der Waals surface area contributed by atoms with Gasteiger partial charge in [0.2, 0.25) is 0 Å². The van der Waals surface area contributed by atoms with Gasteiger partial charge in [0.05, 0.1) is 8.67 Å². The van der Waals surface area contributed by atoms with Crippen LogP contribution in [0.1, 0.15) is 38.3 Å². The summed E-state index contributed by atoms with van der Waals surface area (Å²) < 4.78 is 1.58. The lowest BCUT2D eigenvalue weighted by Crippen LogP contribution is -2.43. The Morgan fingerprint density at radius 3 is 2.61 bits per heavy atom. The summed E-state index contributed by atoms with van der Waals surface area (Å²) in [6, 6.07) is 2.85. The summed E-state index contributed by atoms with van der Waals surface area (Å²) in [7, 11) is 0. The fourth-order valence-corrected chi connectivity index (χ4v) is 4.15. The molecule has 2 heterocycles. The Balaban J connectivity index is 1.88. The molecule has 2 nitrogen and oxygen atoms in total. The highest BCUT2D eigenvalue weighted by Gasteiger charge is 2.21. The summed E-state index contributed by atoms with van der Waals surface area (Å²) in [5.41, 5.74) is 1.13. The third-order valence-electron chi connectivity index (χ3n) is 3.67. The SMILES string of the molecule is CCN1CCC(NC(C)c2cc(Cl)sc2Cl)CC1. The molecule has 102 valence electrons. The lowest BCUT2D eigenvalue weighted by Gasteiger charge is -2.33. The number of nitrogens with zero attached hydrogens (tertiary/aromatic N) is 1. The number of halogens is 2. The Kier molecular flexibility index (Phi) is 5.34. The van der Waals surface area contributed by atoms with Crippen LogP contribution in [-0.4, -0.2) is 30.6 Å². The molecule has 2 rings (SSSR count). The van der Waals surface area contributed by atoms with E-state index in [0.29, 0.717) is 6.04 Å². The van der Waals surface area contributed by atoms with Crippen molar-refractivity contribution < 1.29 is 0 Å². The Bertz CT molecular complexity index is 386. The van der Waals surface area contributed by atoms with E-state index in [9.17, 15) is 0 Å². The average Bonchev–Trinajstić information content (AvgIpc) is 2.69. The van der Waals surface area contributed by atoms with Crippen molar-refractivity contribution in [3.05, 3.63) is 20.3 Å². The van der Waals surface area contributed by atoms with Crippen LogP contribution in [0.3, 0.4) is 0 Å². The van der Waals surface area contributed by atoms with Gasteiger partial charge in [0, 0.05) is 12.1 Å². The molecule has 1 aliphatic rings. The summed E-state index contributed by atoms with van der Waals surface area (Å²) >= 11 is 13.6. The van der Waals surface area contributed by atoms with Gasteiger partial charge in [0.25, 0.3) is 0 Å². The molecule has 1 fully saturated rings. The molecular formula is C13H20Cl2N2S. The van der Waals surface area contributed by atoms with Gasteiger partial charge < -0.3 is 10.2 Å². The summed E-state index contributed by atoms with van der Waals surface area (Å²) in [5.74, 6) is 0. The highest BCUT2D eigenvalue weighted by molar-refractivity contribution is 7.20. The fourth-order valence-electron chi connectivity index (χ4n) is 2.51. The molecule has 1 saturated heterocycles. The van der Waals surface area contributed by atoms with Crippen LogP contribution in [0.4, 0.5) is 0 Å². The van der Waals surface area contributed by atoms with Crippen LogP contribution in [0, 0.1) is 0 Å². The zero-order valence-corrected chi connectivity index (χ0v) is 13.2. The third kappa shape index (κ3) is 3.61. The van der Waals surface area contributed by atoms with E-state index >= 15 is 0 Å². The normalized spacial score (nSPS) is 20.2. The van der Waals surface area contributed by atoms with Crippen molar-refractivity contribution >= 4 is 34.5 Å². The number of rotatable bonds is 4. The van der Waals surface area contributed by atoms with Crippen molar-refractivity contribution in [1.29, 1.82) is 0 Å². The second-order valence-corrected chi connectivity index (χ2v) is 7.16. The Hall–Kier alpha value is 0.200. The minimum absolute atomic E-state index is 0.277. The average molecular weight is 307 g/mol. The fraction of sp³-hybridized carbons (Fsp3) is 0.692. The van der Waals surface area contributed by atoms with Gasteiger partial charge in [-0.2, -0.15) is 0 Å². The Labute approximate surface area is 123 Å². The lowest BCUT2D eigenvalue weighted by atomic mass is 10.0. The van der Waals surface area contributed by atoms with E-state index in [1.54, 1.807) is 0 Å². The van der Waals surface area contributed by atoms with E-state index in [1.807, 2.05) is 6.07 Å². The molecule has 1 N–H and O–H groups in total. The van der Waals surface area contributed by atoms with Crippen molar-refractivity contribution in [1.82, 2.24) is 10.2 Å². The molecule has 1 aromatic rings. The van der Waals surface area contributed by atoms with Crippen LogP contribution < -0.4 is 5.32 Å². The van der Waals surface area contributed by atoms with E-state index in [-0.39, 0.29) is 6.04 Å². The maximum Gasteiger partial charge on any atom is 0.0991 e. The first-order chi connectivity index (χ1) is 8.60. The number of piperidine rings is 1. The quantitative estimate of drug-likeness (QED) is 0.897. The predicted octanol–water partition coefficient (Wildman–Crippen LogP) is 4.19. The smallest absolute Gasteiger partial charge is 0.0991 e. The molecule has 0 aliphatic carbocycles. The number of hydrogen-bond donors (Lipinski definition) is 1. The molecule has 18 heavy (non-hydrogen) atoms. The third-order valence-corrected chi connectivity index (χ3v) is 5.19. The largest absolute Gasteiger partial charge is 0.307 e. The lowest BCUT2D eigenvalue weighted by molar-refractivity contribution is 0.200. The molecule has 0 spiro atoms. The van der Waals surface area contributed by atoms with Gasteiger partial charge in [-0.1, -0.05) is 30.1 Å². The molecule has 5 heteroatoms. The molecular weight excluding hydrogens is 287 g/mol. The first-order valence-corrected chi connectivity index (χ1v) is 8.10. The van der Waals surface area contributed by atoms with Gasteiger partial charge >= 0.3 is 0 Å². The van der Waals surface area contributed by atoms with Crippen molar-refractivity contribution in [3.8, 4) is 0 Å². The summed E-state index contributed by atoms with van der Waals surface area (Å²) in [5, 5.41) is 3.67. The molecule has 0 saturated carbocycles. The first kappa shape index (κ1) is 14.6. The first-order valence-electron chi connectivity index (χ1n) is 6.53. The monoisotopic (exact) mass is 306 g/mol. The van der Waals surface area contributed by atoms with E-state index in [2.05, 4.69) is 24.1 Å². The highest BCUT2D eigenvalue weighted by Crippen LogP contribution is 2.35. The van der Waals surface area contributed by atoms with Crippen LogP contribution in [0.5, 0.6) is 0 Å². The van der Waals surface area contributed by atoms with E-state index in [4.69, 9.17) is 23.2 Å². The number of thiophene rings is 1. The molecule has 1 unspecified atom stereocenters. The van der Waals surface area contributed by atoms with Crippen LogP contribution in [0.2, 0.25) is 8.67 Å². The number of hydrogen-bond acceptors (Lipinski definition) is 3. The van der Waals surface area contributed by atoms with E-state index in [0.717, 1.165) is 20.8 Å². The van der Waals surface area contributed by atoms with Crippen molar-refractivity contribution in [3.63, 3.8) is 0 Å². The molecule has 1 atom stereocenters. The van der Waals surface area contributed by atoms with Crippen molar-refractivity contribution in [2.24, 2.45) is 0 Å². The van der Waals surface area contributed by atoms with Gasteiger partial charge in [0.15, 0.2) is 0 Å². The maximum atomic E-state index is 6.19. The number of likely N-dealkylation sites (tertiary alicyclic amines) is 1. The standard InChI is InChI=1S/C13H20Cl2N2S/c1-3-17-6-4-10(5-7-17)16-9(2)11-8-12(14)18-13(11)15/h8-10,16H,3-7H2,1-2H3. The second-order valence-electron chi connectivity index (χ2n) is 4.88. The second kappa shape index (κ2) is 6.58. The molecule has 1 aromatic heterocycles. The van der Waals surface area contributed by atoms with Crippen LogP contribution in [-0.2, 0) is 0 Å². The van der Waals surface area contributed by atoms with Gasteiger partial charge in [-0.15, -0.1) is 11.3 Å². The van der Waals surface area contributed by atoms with Crippen LogP contribution >= 0.6 is 34.5 Å². The van der Waals surface area contributed by atoms with Crippen molar-refractivity contribution in [2.45, 2.75) is 38.8 Å². The predicted molar refractivity (Wildman–Crippen MR) is 81.0 cm³/mol. The van der Waals surface area contributed by atoms with E-state index < -0.39 is 0 Å². The topological polar surface area (TPSA) is 15.3 Å². The van der Waals surface area contributed by atoms with Crippen LogP contribution in [0.15, 0.2) is 6.07 Å².